The third kappa shape index (κ3) is 5.55. The Labute approximate surface area is 362 Å². The Kier molecular flexibility index (Phi) is 9.43. The van der Waals surface area contributed by atoms with Gasteiger partial charge in [-0.05, 0) is 103 Å². The maximum Gasteiger partial charge on any atom is 0.360 e. The summed E-state index contributed by atoms with van der Waals surface area (Å²) >= 11 is 0. The standard InChI is InChI=1S/C54H52N6O2/c1-9-57-33(5)47(37-21-13-17-25-43(37)57)41(48-34(6)58(10-2)44-26-18-14-22-38(44)48)31-54(52-51(53(61)62-54)55-29-30-56-52)32-42(49-35(7)59(11-3)45-27-19-15-23-39(45)49)50-36(8)60(12-4)46-28-20-16-24-40(46)50/h13-32H,9-12H2,1-8H3. The number of carbonyl (C=O) groups excluding carboxylic acids is 1. The van der Waals surface area contributed by atoms with Crippen molar-refractivity contribution in [1.29, 1.82) is 0 Å². The van der Waals surface area contributed by atoms with Crippen LogP contribution in [0.1, 0.15) is 88.9 Å². The summed E-state index contributed by atoms with van der Waals surface area (Å²) in [6.07, 6.45) is 7.68. The van der Waals surface area contributed by atoms with Crippen LogP contribution in [-0.4, -0.2) is 34.2 Å². The van der Waals surface area contributed by atoms with Crippen molar-refractivity contribution in [1.82, 2.24) is 28.2 Å². The van der Waals surface area contributed by atoms with Crippen molar-refractivity contribution in [2.45, 2.75) is 87.2 Å². The van der Waals surface area contributed by atoms with Gasteiger partial charge >= 0.3 is 5.97 Å². The minimum absolute atomic E-state index is 0.222. The Morgan fingerprint density at radius 3 is 1.13 bits per heavy atom. The SMILES string of the molecule is CCn1c(C)c(C(=CC2(C=C(c3c(C)n(CC)c4ccccc34)c3c(C)n(CC)c4ccccc34)OC(=O)c3nccnc32)c2c(C)n(CC)c3ccccc23)c2ccccc21. The molecule has 0 N–H and O–H groups in total. The normalized spacial score (nSPS) is 13.4. The number of fused-ring (bicyclic) bond motifs is 5. The topological polar surface area (TPSA) is 71.8 Å². The van der Waals surface area contributed by atoms with Gasteiger partial charge in [0.25, 0.3) is 0 Å². The van der Waals surface area contributed by atoms with Crippen LogP contribution in [0.5, 0.6) is 0 Å². The molecule has 62 heavy (non-hydrogen) atoms. The van der Waals surface area contributed by atoms with Crippen molar-refractivity contribution in [2.75, 3.05) is 0 Å². The number of aryl methyl sites for hydroxylation is 4. The van der Waals surface area contributed by atoms with Gasteiger partial charge in [-0.2, -0.15) is 0 Å². The molecule has 9 aromatic rings. The molecule has 8 nitrogen and oxygen atoms in total. The first-order valence-electron chi connectivity index (χ1n) is 22.0. The summed E-state index contributed by atoms with van der Waals surface area (Å²) in [4.78, 5) is 24.2. The van der Waals surface area contributed by atoms with Gasteiger partial charge in [-0.15, -0.1) is 0 Å². The first-order chi connectivity index (χ1) is 30.2. The lowest BCUT2D eigenvalue weighted by Crippen LogP contribution is -2.24. The Morgan fingerprint density at radius 1 is 0.500 bits per heavy atom. The summed E-state index contributed by atoms with van der Waals surface area (Å²) < 4.78 is 16.5. The van der Waals surface area contributed by atoms with Crippen molar-refractivity contribution in [3.8, 4) is 0 Å². The van der Waals surface area contributed by atoms with E-state index in [1.54, 1.807) is 12.4 Å². The number of cyclic esters (lactones) is 1. The molecule has 10 rings (SSSR count). The first-order valence-corrected chi connectivity index (χ1v) is 22.0. The molecule has 0 bridgehead atoms. The van der Waals surface area contributed by atoms with E-state index in [2.05, 4.69) is 188 Å². The predicted molar refractivity (Wildman–Crippen MR) is 253 cm³/mol. The average Bonchev–Trinajstić information content (AvgIpc) is 4.02. The Balaban J connectivity index is 1.43. The molecular weight excluding hydrogens is 765 g/mol. The summed E-state index contributed by atoms with van der Waals surface area (Å²) in [5, 5.41) is 4.55. The molecule has 0 aliphatic carbocycles. The lowest BCUT2D eigenvalue weighted by molar-refractivity contribution is 0.0290. The molecular formula is C54H52N6O2. The van der Waals surface area contributed by atoms with Gasteiger partial charge < -0.3 is 23.0 Å². The second-order valence-electron chi connectivity index (χ2n) is 16.4. The zero-order valence-electron chi connectivity index (χ0n) is 36.9. The number of rotatable bonds is 10. The van der Waals surface area contributed by atoms with E-state index >= 15 is 0 Å². The molecule has 5 aromatic heterocycles. The van der Waals surface area contributed by atoms with Gasteiger partial charge in [-0.25, -0.2) is 9.78 Å². The molecule has 6 heterocycles. The summed E-state index contributed by atoms with van der Waals surface area (Å²) in [5.41, 5.74) is 14.8. The molecule has 0 saturated carbocycles. The second kappa shape index (κ2) is 14.9. The van der Waals surface area contributed by atoms with Gasteiger partial charge in [-0.1, -0.05) is 72.8 Å². The lowest BCUT2D eigenvalue weighted by Gasteiger charge is -2.26. The summed E-state index contributed by atoms with van der Waals surface area (Å²) in [5.74, 6) is -0.500. The quantitative estimate of drug-likeness (QED) is 0.129. The molecule has 0 fully saturated rings. The fourth-order valence-electron chi connectivity index (χ4n) is 10.9. The maximum absolute atomic E-state index is 14.5. The highest BCUT2D eigenvalue weighted by molar-refractivity contribution is 6.09. The highest BCUT2D eigenvalue weighted by atomic mass is 16.6. The van der Waals surface area contributed by atoms with Crippen molar-refractivity contribution in [2.24, 2.45) is 0 Å². The summed E-state index contributed by atoms with van der Waals surface area (Å²) in [6, 6.07) is 34.6. The largest absolute Gasteiger partial charge is 0.439 e. The van der Waals surface area contributed by atoms with Crippen LogP contribution >= 0.6 is 0 Å². The van der Waals surface area contributed by atoms with Crippen LogP contribution in [0, 0.1) is 27.7 Å². The molecule has 1 aliphatic heterocycles. The zero-order valence-corrected chi connectivity index (χ0v) is 36.9. The molecule has 1 aliphatic rings. The first kappa shape index (κ1) is 39.2. The smallest absolute Gasteiger partial charge is 0.360 e. The Hall–Kier alpha value is -6.93. The highest BCUT2D eigenvalue weighted by Gasteiger charge is 2.47. The lowest BCUT2D eigenvalue weighted by atomic mass is 9.83. The fraction of sp³-hybridized carbons (Fsp3) is 0.241. The number of benzene rings is 4. The monoisotopic (exact) mass is 816 g/mol. The van der Waals surface area contributed by atoms with Gasteiger partial charge in [0.1, 0.15) is 5.69 Å². The number of esters is 1. The third-order valence-corrected chi connectivity index (χ3v) is 13.5. The Bertz CT molecular complexity index is 2970. The van der Waals surface area contributed by atoms with Crippen molar-refractivity contribution in [3.05, 3.63) is 178 Å². The predicted octanol–water partition coefficient (Wildman–Crippen LogP) is 12.2. The van der Waals surface area contributed by atoms with Gasteiger partial charge in [0.15, 0.2) is 11.3 Å². The van der Waals surface area contributed by atoms with Crippen molar-refractivity contribution in [3.63, 3.8) is 0 Å². The molecule has 4 aromatic carbocycles. The number of carbonyl (C=O) groups is 1. The minimum Gasteiger partial charge on any atom is -0.439 e. The van der Waals surface area contributed by atoms with Crippen LogP contribution in [0.2, 0.25) is 0 Å². The number of ether oxygens (including phenoxy) is 1. The fourth-order valence-corrected chi connectivity index (χ4v) is 10.9. The van der Waals surface area contributed by atoms with Crippen LogP contribution < -0.4 is 0 Å². The summed E-state index contributed by atoms with van der Waals surface area (Å²) in [7, 11) is 0. The van der Waals surface area contributed by atoms with Gasteiger partial charge in [-0.3, -0.25) is 4.98 Å². The molecule has 0 amide bonds. The van der Waals surface area contributed by atoms with E-state index in [0.717, 1.165) is 126 Å². The average molecular weight is 817 g/mol. The zero-order chi connectivity index (χ0) is 43.0. The number of aromatic nitrogens is 6. The van der Waals surface area contributed by atoms with Crippen LogP contribution in [-0.2, 0) is 36.5 Å². The molecule has 0 unspecified atom stereocenters. The van der Waals surface area contributed by atoms with E-state index in [1.165, 1.54) is 0 Å². The van der Waals surface area contributed by atoms with Crippen LogP contribution in [0.3, 0.4) is 0 Å². The number of nitrogens with zero attached hydrogens (tertiary/aromatic N) is 6. The third-order valence-electron chi connectivity index (χ3n) is 13.5. The van der Waals surface area contributed by atoms with E-state index in [4.69, 9.17) is 9.72 Å². The molecule has 310 valence electrons. The molecule has 0 radical (unpaired) electrons. The molecule has 0 spiro atoms. The van der Waals surface area contributed by atoms with Crippen LogP contribution in [0.4, 0.5) is 0 Å². The van der Waals surface area contributed by atoms with E-state index in [9.17, 15) is 4.79 Å². The molecule has 0 saturated heterocycles. The van der Waals surface area contributed by atoms with E-state index < -0.39 is 11.6 Å². The summed E-state index contributed by atoms with van der Waals surface area (Å²) in [6.45, 7) is 20.9. The Morgan fingerprint density at radius 2 is 0.806 bits per heavy atom. The van der Waals surface area contributed by atoms with Crippen LogP contribution in [0.25, 0.3) is 54.8 Å². The van der Waals surface area contributed by atoms with E-state index in [1.807, 2.05) is 0 Å². The van der Waals surface area contributed by atoms with Gasteiger partial charge in [0.05, 0.1) is 0 Å². The van der Waals surface area contributed by atoms with Crippen LogP contribution in [0.15, 0.2) is 122 Å². The second-order valence-corrected chi connectivity index (χ2v) is 16.4. The van der Waals surface area contributed by atoms with Crippen molar-refractivity contribution >= 4 is 60.7 Å². The van der Waals surface area contributed by atoms with E-state index in [-0.39, 0.29) is 5.69 Å². The number of hydrogen-bond acceptors (Lipinski definition) is 4. The molecule has 8 heteroatoms. The number of para-hydroxylation sites is 4. The maximum atomic E-state index is 14.5. The van der Waals surface area contributed by atoms with Gasteiger partial charge in [0.2, 0.25) is 0 Å². The van der Waals surface area contributed by atoms with E-state index in [0.29, 0.717) is 5.69 Å². The van der Waals surface area contributed by atoms with Gasteiger partial charge in [0, 0.05) is 127 Å². The number of hydrogen-bond donors (Lipinski definition) is 0. The highest BCUT2D eigenvalue weighted by Crippen LogP contribution is 2.49. The molecule has 0 atom stereocenters. The van der Waals surface area contributed by atoms with Crippen molar-refractivity contribution < 1.29 is 9.53 Å². The minimum atomic E-state index is -1.49.